The lowest BCUT2D eigenvalue weighted by Crippen LogP contribution is -2.38. The molecule has 0 amide bonds. The zero-order chi connectivity index (χ0) is 15.4. The highest BCUT2D eigenvalue weighted by atomic mass is 19.2. The number of hydrogen-bond acceptors (Lipinski definition) is 2. The quantitative estimate of drug-likeness (QED) is 0.655. The summed E-state index contributed by atoms with van der Waals surface area (Å²) in [5.74, 6) is 3.94. The van der Waals surface area contributed by atoms with E-state index in [4.69, 9.17) is 5.84 Å². The van der Waals surface area contributed by atoms with Crippen molar-refractivity contribution in [3.63, 3.8) is 0 Å². The van der Waals surface area contributed by atoms with Gasteiger partial charge in [-0.15, -0.1) is 0 Å². The second-order valence-electron chi connectivity index (χ2n) is 5.52. The van der Waals surface area contributed by atoms with Crippen molar-refractivity contribution in [3.8, 4) is 0 Å². The Morgan fingerprint density at radius 3 is 2.10 bits per heavy atom. The monoisotopic (exact) mass is 290 g/mol. The van der Waals surface area contributed by atoms with Crippen LogP contribution >= 0.6 is 0 Å². The maximum absolute atomic E-state index is 13.2. The molecule has 0 aliphatic carbocycles. The lowest BCUT2D eigenvalue weighted by atomic mass is 9.97. The van der Waals surface area contributed by atoms with Gasteiger partial charge in [-0.2, -0.15) is 0 Å². The fourth-order valence-corrected chi connectivity index (χ4v) is 2.61. The molecule has 0 bridgehead atoms. The van der Waals surface area contributed by atoms with Crippen LogP contribution in [-0.4, -0.2) is 6.04 Å². The minimum atomic E-state index is -0.828. The summed E-state index contributed by atoms with van der Waals surface area (Å²) in [7, 11) is 0. The van der Waals surface area contributed by atoms with Crippen molar-refractivity contribution in [2.75, 3.05) is 0 Å². The molecule has 112 valence electrons. The number of hydrazine groups is 1. The Balaban J connectivity index is 2.10. The van der Waals surface area contributed by atoms with Gasteiger partial charge in [-0.25, -0.2) is 8.78 Å². The summed E-state index contributed by atoms with van der Waals surface area (Å²) >= 11 is 0. The highest BCUT2D eigenvalue weighted by Crippen LogP contribution is 2.15. The third-order valence-electron chi connectivity index (χ3n) is 3.47. The molecule has 2 rings (SSSR count). The molecular formula is C17H20F2N2. The van der Waals surface area contributed by atoms with Gasteiger partial charge in [-0.3, -0.25) is 11.3 Å². The number of halogens is 2. The molecule has 4 heteroatoms. The molecule has 0 saturated carbocycles. The van der Waals surface area contributed by atoms with E-state index < -0.39 is 11.6 Å². The molecule has 0 fully saturated rings. The second-order valence-corrected chi connectivity index (χ2v) is 5.52. The molecule has 1 atom stereocenters. The van der Waals surface area contributed by atoms with Gasteiger partial charge in [-0.1, -0.05) is 35.4 Å². The SMILES string of the molecule is Cc1cc(C)cc(CC(Cc2ccc(F)c(F)c2)NN)c1. The van der Waals surface area contributed by atoms with Gasteiger partial charge in [0.2, 0.25) is 0 Å². The lowest BCUT2D eigenvalue weighted by Gasteiger charge is -2.17. The summed E-state index contributed by atoms with van der Waals surface area (Å²) in [6.45, 7) is 4.10. The largest absolute Gasteiger partial charge is 0.271 e. The first-order valence-electron chi connectivity index (χ1n) is 6.95. The summed E-state index contributed by atoms with van der Waals surface area (Å²) in [5, 5.41) is 0. The molecular weight excluding hydrogens is 270 g/mol. The van der Waals surface area contributed by atoms with E-state index in [1.807, 2.05) is 0 Å². The molecule has 0 spiro atoms. The van der Waals surface area contributed by atoms with Crippen LogP contribution in [0.5, 0.6) is 0 Å². The maximum Gasteiger partial charge on any atom is 0.159 e. The third kappa shape index (κ3) is 4.34. The fourth-order valence-electron chi connectivity index (χ4n) is 2.61. The predicted octanol–water partition coefficient (Wildman–Crippen LogP) is 3.20. The molecule has 1 unspecified atom stereocenters. The first kappa shape index (κ1) is 15.6. The van der Waals surface area contributed by atoms with Crippen LogP contribution in [0.2, 0.25) is 0 Å². The summed E-state index contributed by atoms with van der Waals surface area (Å²) in [6.07, 6.45) is 1.28. The molecule has 0 aliphatic rings. The van der Waals surface area contributed by atoms with Gasteiger partial charge >= 0.3 is 0 Å². The lowest BCUT2D eigenvalue weighted by molar-refractivity contribution is 0.498. The first-order valence-corrected chi connectivity index (χ1v) is 6.95. The molecule has 2 aromatic rings. The van der Waals surface area contributed by atoms with E-state index in [2.05, 4.69) is 37.5 Å². The van der Waals surface area contributed by atoms with E-state index in [0.29, 0.717) is 6.42 Å². The standard InChI is InChI=1S/C17H20F2N2/c1-11-5-12(2)7-14(6-11)9-15(21-20)8-13-3-4-16(18)17(19)10-13/h3-7,10,15,21H,8-9,20H2,1-2H3. The van der Waals surface area contributed by atoms with E-state index >= 15 is 0 Å². The number of nitrogens with two attached hydrogens (primary N) is 1. The van der Waals surface area contributed by atoms with Gasteiger partial charge in [0.05, 0.1) is 0 Å². The Morgan fingerprint density at radius 1 is 0.905 bits per heavy atom. The van der Waals surface area contributed by atoms with E-state index in [1.54, 1.807) is 6.07 Å². The molecule has 0 aromatic heterocycles. The van der Waals surface area contributed by atoms with Crippen LogP contribution in [0.4, 0.5) is 8.78 Å². The van der Waals surface area contributed by atoms with Crippen molar-refractivity contribution in [3.05, 3.63) is 70.3 Å². The Kier molecular flexibility index (Phi) is 5.04. The van der Waals surface area contributed by atoms with Gasteiger partial charge < -0.3 is 0 Å². The summed E-state index contributed by atoms with van der Waals surface area (Å²) < 4.78 is 26.2. The smallest absolute Gasteiger partial charge is 0.159 e. The van der Waals surface area contributed by atoms with Crippen LogP contribution in [0.1, 0.15) is 22.3 Å². The topological polar surface area (TPSA) is 38.0 Å². The predicted molar refractivity (Wildman–Crippen MR) is 80.8 cm³/mol. The number of benzene rings is 2. The second kappa shape index (κ2) is 6.78. The van der Waals surface area contributed by atoms with Crippen LogP contribution in [0.15, 0.2) is 36.4 Å². The normalized spacial score (nSPS) is 12.4. The number of rotatable bonds is 5. The number of aryl methyl sites for hydroxylation is 2. The van der Waals surface area contributed by atoms with Crippen molar-refractivity contribution in [1.82, 2.24) is 5.43 Å². The van der Waals surface area contributed by atoms with Crippen molar-refractivity contribution in [2.24, 2.45) is 5.84 Å². The Morgan fingerprint density at radius 2 is 1.52 bits per heavy atom. The highest BCUT2D eigenvalue weighted by Gasteiger charge is 2.11. The van der Waals surface area contributed by atoms with E-state index in [0.717, 1.165) is 18.1 Å². The van der Waals surface area contributed by atoms with Crippen LogP contribution in [0, 0.1) is 25.5 Å². The average molecular weight is 290 g/mol. The van der Waals surface area contributed by atoms with Gasteiger partial charge in [0.1, 0.15) is 0 Å². The van der Waals surface area contributed by atoms with Crippen LogP contribution in [0.25, 0.3) is 0 Å². The van der Waals surface area contributed by atoms with Crippen LogP contribution in [0.3, 0.4) is 0 Å². The molecule has 0 saturated heterocycles. The Bertz CT molecular complexity index is 606. The number of nitrogens with one attached hydrogen (secondary N) is 1. The number of hydrogen-bond donors (Lipinski definition) is 2. The van der Waals surface area contributed by atoms with Gasteiger partial charge in [0.25, 0.3) is 0 Å². The summed E-state index contributed by atoms with van der Waals surface area (Å²) in [6, 6.07) is 10.3. The fraction of sp³-hybridized carbons (Fsp3) is 0.294. The highest BCUT2D eigenvalue weighted by molar-refractivity contribution is 5.29. The molecule has 0 heterocycles. The minimum Gasteiger partial charge on any atom is -0.271 e. The molecule has 0 radical (unpaired) electrons. The van der Waals surface area contributed by atoms with Crippen molar-refractivity contribution in [2.45, 2.75) is 32.7 Å². The van der Waals surface area contributed by atoms with Gasteiger partial charge in [-0.05, 0) is 49.9 Å². The zero-order valence-electron chi connectivity index (χ0n) is 12.3. The molecule has 2 nitrogen and oxygen atoms in total. The van der Waals surface area contributed by atoms with Gasteiger partial charge in [0.15, 0.2) is 11.6 Å². The molecule has 3 N–H and O–H groups in total. The average Bonchev–Trinajstić information content (AvgIpc) is 2.41. The Hall–Kier alpha value is -1.78. The molecule has 2 aromatic carbocycles. The van der Waals surface area contributed by atoms with Gasteiger partial charge in [0, 0.05) is 6.04 Å². The summed E-state index contributed by atoms with van der Waals surface area (Å²) in [4.78, 5) is 0. The zero-order valence-corrected chi connectivity index (χ0v) is 12.3. The Labute approximate surface area is 124 Å². The summed E-state index contributed by atoms with van der Waals surface area (Å²) in [5.41, 5.74) is 7.06. The van der Waals surface area contributed by atoms with E-state index in [9.17, 15) is 8.78 Å². The first-order chi connectivity index (χ1) is 9.97. The molecule has 0 aliphatic heterocycles. The minimum absolute atomic E-state index is 0.0314. The maximum atomic E-state index is 13.2. The van der Waals surface area contributed by atoms with Crippen LogP contribution in [-0.2, 0) is 12.8 Å². The molecule has 21 heavy (non-hydrogen) atoms. The van der Waals surface area contributed by atoms with E-state index in [-0.39, 0.29) is 6.04 Å². The third-order valence-corrected chi connectivity index (χ3v) is 3.47. The van der Waals surface area contributed by atoms with Crippen molar-refractivity contribution in [1.29, 1.82) is 0 Å². The van der Waals surface area contributed by atoms with Crippen molar-refractivity contribution < 1.29 is 8.78 Å². The van der Waals surface area contributed by atoms with Crippen LogP contribution < -0.4 is 11.3 Å². The van der Waals surface area contributed by atoms with E-state index in [1.165, 1.54) is 22.8 Å². The van der Waals surface area contributed by atoms with Crippen molar-refractivity contribution >= 4 is 0 Å².